The molecule has 0 aliphatic heterocycles. The molecule has 0 spiro atoms. The van der Waals surface area contributed by atoms with Crippen LogP contribution in [0.1, 0.15) is 42.6 Å². The van der Waals surface area contributed by atoms with Crippen LogP contribution in [0.25, 0.3) is 22.3 Å². The maximum Gasteiger partial charge on any atom is 0.112 e. The Morgan fingerprint density at radius 1 is 1.19 bits per heavy atom. The number of aryl methyl sites for hydroxylation is 2. The second kappa shape index (κ2) is 7.54. The van der Waals surface area contributed by atoms with Crippen LogP contribution in [-0.4, -0.2) is 34.9 Å². The van der Waals surface area contributed by atoms with Crippen LogP contribution in [0.4, 0.5) is 4.39 Å². The Labute approximate surface area is 154 Å². The lowest BCUT2D eigenvalue weighted by Crippen LogP contribution is -2.15. The summed E-state index contributed by atoms with van der Waals surface area (Å²) in [6.07, 6.45) is 3.85. The summed E-state index contributed by atoms with van der Waals surface area (Å²) in [5.41, 5.74) is 6.90. The zero-order valence-corrected chi connectivity index (χ0v) is 16.1. The van der Waals surface area contributed by atoms with Gasteiger partial charge in [-0.3, -0.25) is 4.98 Å². The highest BCUT2D eigenvalue weighted by molar-refractivity contribution is 5.84. The Morgan fingerprint density at radius 3 is 2.54 bits per heavy atom. The van der Waals surface area contributed by atoms with Crippen molar-refractivity contribution >= 4 is 11.0 Å². The average molecular weight is 355 g/mol. The van der Waals surface area contributed by atoms with Gasteiger partial charge in [-0.15, -0.1) is 0 Å². The van der Waals surface area contributed by atoms with E-state index in [9.17, 15) is 4.39 Å². The van der Waals surface area contributed by atoms with Crippen LogP contribution in [0, 0.1) is 13.8 Å². The van der Waals surface area contributed by atoms with Gasteiger partial charge in [0, 0.05) is 30.8 Å². The summed E-state index contributed by atoms with van der Waals surface area (Å²) in [6, 6.07) is 5.88. The highest BCUT2D eigenvalue weighted by Crippen LogP contribution is 2.30. The number of fused-ring (bicyclic) bond motifs is 1. The maximum absolute atomic E-state index is 13.5. The Balaban J connectivity index is 2.09. The zero-order chi connectivity index (χ0) is 18.8. The molecular formula is C21H26FN3O. The fraction of sp³-hybridized carbons (Fsp3) is 0.429. The standard InChI is InChI=1S/C21H26FN3O/c1-13(2)18-7-6-16(10-23-18)20-14(3)8-19-21(24-20)15(4)11-25(19)17(9-22)12-26-5/h6-8,10-11,13,17H,9,12H2,1-5H3. The van der Waals surface area contributed by atoms with Gasteiger partial charge in [0.05, 0.1) is 29.4 Å². The van der Waals surface area contributed by atoms with Crippen molar-refractivity contribution < 1.29 is 9.13 Å². The monoisotopic (exact) mass is 355 g/mol. The molecule has 0 amide bonds. The van der Waals surface area contributed by atoms with E-state index in [-0.39, 0.29) is 6.04 Å². The summed E-state index contributed by atoms with van der Waals surface area (Å²) in [5, 5.41) is 0. The van der Waals surface area contributed by atoms with Crippen molar-refractivity contribution in [3.63, 3.8) is 0 Å². The van der Waals surface area contributed by atoms with E-state index in [1.807, 2.05) is 30.8 Å². The second-order valence-corrected chi connectivity index (χ2v) is 7.13. The van der Waals surface area contributed by atoms with E-state index in [0.717, 1.165) is 39.1 Å². The van der Waals surface area contributed by atoms with E-state index in [0.29, 0.717) is 12.5 Å². The highest BCUT2D eigenvalue weighted by atomic mass is 19.1. The van der Waals surface area contributed by atoms with Crippen molar-refractivity contribution in [3.8, 4) is 11.3 Å². The predicted octanol–water partition coefficient (Wildman–Crippen LogP) is 5.00. The van der Waals surface area contributed by atoms with Crippen LogP contribution in [-0.2, 0) is 4.74 Å². The molecule has 3 rings (SSSR count). The van der Waals surface area contributed by atoms with Crippen LogP contribution in [0.15, 0.2) is 30.6 Å². The second-order valence-electron chi connectivity index (χ2n) is 7.13. The van der Waals surface area contributed by atoms with Crippen molar-refractivity contribution in [1.29, 1.82) is 0 Å². The first-order chi connectivity index (χ1) is 12.5. The molecule has 0 bridgehead atoms. The van der Waals surface area contributed by atoms with Gasteiger partial charge < -0.3 is 9.30 Å². The van der Waals surface area contributed by atoms with Crippen molar-refractivity contribution in [2.24, 2.45) is 0 Å². The predicted molar refractivity (Wildman–Crippen MR) is 103 cm³/mol. The number of hydrogen-bond acceptors (Lipinski definition) is 3. The van der Waals surface area contributed by atoms with Crippen molar-refractivity contribution in [2.45, 2.75) is 39.7 Å². The first-order valence-corrected chi connectivity index (χ1v) is 8.96. The fourth-order valence-corrected chi connectivity index (χ4v) is 3.30. The van der Waals surface area contributed by atoms with Gasteiger partial charge in [-0.1, -0.05) is 13.8 Å². The van der Waals surface area contributed by atoms with E-state index in [1.165, 1.54) is 0 Å². The van der Waals surface area contributed by atoms with Gasteiger partial charge in [0.25, 0.3) is 0 Å². The summed E-state index contributed by atoms with van der Waals surface area (Å²) in [5.74, 6) is 0.398. The molecule has 5 heteroatoms. The van der Waals surface area contributed by atoms with Gasteiger partial charge >= 0.3 is 0 Å². The molecule has 3 aromatic rings. The first kappa shape index (κ1) is 18.5. The van der Waals surface area contributed by atoms with Crippen LogP contribution < -0.4 is 0 Å². The van der Waals surface area contributed by atoms with E-state index in [1.54, 1.807) is 7.11 Å². The summed E-state index contributed by atoms with van der Waals surface area (Å²) in [6.45, 7) is 8.16. The Hall–Kier alpha value is -2.27. The normalized spacial score (nSPS) is 12.9. The average Bonchev–Trinajstić information content (AvgIpc) is 2.94. The molecule has 1 unspecified atom stereocenters. The Kier molecular flexibility index (Phi) is 5.37. The van der Waals surface area contributed by atoms with Crippen molar-refractivity contribution in [2.75, 3.05) is 20.4 Å². The number of alkyl halides is 1. The molecule has 26 heavy (non-hydrogen) atoms. The fourth-order valence-electron chi connectivity index (χ4n) is 3.30. The zero-order valence-electron chi connectivity index (χ0n) is 16.1. The van der Waals surface area contributed by atoms with E-state index < -0.39 is 6.67 Å². The minimum atomic E-state index is -0.474. The lowest BCUT2D eigenvalue weighted by atomic mass is 10.0. The van der Waals surface area contributed by atoms with E-state index in [4.69, 9.17) is 9.72 Å². The largest absolute Gasteiger partial charge is 0.382 e. The van der Waals surface area contributed by atoms with E-state index in [2.05, 4.69) is 37.0 Å². The summed E-state index contributed by atoms with van der Waals surface area (Å²) in [4.78, 5) is 9.45. The van der Waals surface area contributed by atoms with Crippen LogP contribution in [0.3, 0.4) is 0 Å². The number of nitrogens with zero attached hydrogens (tertiary/aromatic N) is 3. The Bertz CT molecular complexity index is 900. The lowest BCUT2D eigenvalue weighted by molar-refractivity contribution is 0.142. The summed E-state index contributed by atoms with van der Waals surface area (Å²) < 4.78 is 20.6. The third kappa shape index (κ3) is 3.36. The molecule has 3 aromatic heterocycles. The van der Waals surface area contributed by atoms with Gasteiger partial charge in [0.1, 0.15) is 6.67 Å². The van der Waals surface area contributed by atoms with Crippen molar-refractivity contribution in [1.82, 2.24) is 14.5 Å². The summed E-state index contributed by atoms with van der Waals surface area (Å²) >= 11 is 0. The highest BCUT2D eigenvalue weighted by Gasteiger charge is 2.18. The molecular weight excluding hydrogens is 329 g/mol. The van der Waals surface area contributed by atoms with Gasteiger partial charge in [-0.2, -0.15) is 0 Å². The number of rotatable bonds is 6. The van der Waals surface area contributed by atoms with Crippen LogP contribution in [0.5, 0.6) is 0 Å². The number of hydrogen-bond donors (Lipinski definition) is 0. The molecule has 0 aliphatic carbocycles. The number of halogens is 1. The van der Waals surface area contributed by atoms with Gasteiger partial charge in [0.15, 0.2) is 0 Å². The number of pyridine rings is 2. The summed E-state index contributed by atoms with van der Waals surface area (Å²) in [7, 11) is 1.59. The first-order valence-electron chi connectivity index (χ1n) is 8.96. The smallest absolute Gasteiger partial charge is 0.112 e. The van der Waals surface area contributed by atoms with Gasteiger partial charge in [-0.05, 0) is 49.1 Å². The SMILES string of the molecule is COCC(CF)n1cc(C)c2nc(-c3ccc(C(C)C)nc3)c(C)cc21. The number of methoxy groups -OCH3 is 1. The molecule has 4 nitrogen and oxygen atoms in total. The number of ether oxygens (including phenoxy) is 1. The van der Waals surface area contributed by atoms with Gasteiger partial charge in [-0.25, -0.2) is 9.37 Å². The van der Waals surface area contributed by atoms with Crippen LogP contribution in [0.2, 0.25) is 0 Å². The van der Waals surface area contributed by atoms with Crippen molar-refractivity contribution in [3.05, 3.63) is 47.4 Å². The molecule has 0 N–H and O–H groups in total. The van der Waals surface area contributed by atoms with Gasteiger partial charge in [0.2, 0.25) is 0 Å². The minimum absolute atomic E-state index is 0.334. The molecule has 3 heterocycles. The van der Waals surface area contributed by atoms with E-state index >= 15 is 0 Å². The topological polar surface area (TPSA) is 39.9 Å². The minimum Gasteiger partial charge on any atom is -0.382 e. The molecule has 138 valence electrons. The third-order valence-electron chi connectivity index (χ3n) is 4.76. The molecule has 0 saturated heterocycles. The van der Waals surface area contributed by atoms with Crippen LogP contribution >= 0.6 is 0 Å². The Morgan fingerprint density at radius 2 is 1.96 bits per heavy atom. The lowest BCUT2D eigenvalue weighted by Gasteiger charge is -2.16. The number of aromatic nitrogens is 3. The molecule has 0 aromatic carbocycles. The molecule has 0 radical (unpaired) electrons. The molecule has 0 saturated carbocycles. The third-order valence-corrected chi connectivity index (χ3v) is 4.76. The molecule has 0 fully saturated rings. The molecule has 0 aliphatic rings. The maximum atomic E-state index is 13.5. The quantitative estimate of drug-likeness (QED) is 0.625. The molecule has 1 atom stereocenters.